The van der Waals surface area contributed by atoms with Gasteiger partial charge in [-0.15, -0.1) is 11.3 Å². The van der Waals surface area contributed by atoms with Crippen molar-refractivity contribution in [2.45, 2.75) is 39.5 Å². The van der Waals surface area contributed by atoms with Gasteiger partial charge in [0.05, 0.1) is 5.39 Å². The van der Waals surface area contributed by atoms with E-state index >= 15 is 0 Å². The van der Waals surface area contributed by atoms with E-state index in [4.69, 9.17) is 0 Å². The molecule has 2 aromatic carbocycles. The maximum absolute atomic E-state index is 4.61. The van der Waals surface area contributed by atoms with E-state index < -0.39 is 0 Å². The molecule has 0 amide bonds. The van der Waals surface area contributed by atoms with E-state index in [1.807, 2.05) is 0 Å². The quantitative estimate of drug-likeness (QED) is 0.432. The summed E-state index contributed by atoms with van der Waals surface area (Å²) in [6.07, 6.45) is 6.66. The molecule has 0 fully saturated rings. The van der Waals surface area contributed by atoms with Crippen LogP contribution in [0.4, 0.5) is 11.5 Å². The van der Waals surface area contributed by atoms with Crippen LogP contribution < -0.4 is 5.32 Å². The van der Waals surface area contributed by atoms with Crippen LogP contribution in [-0.4, -0.2) is 9.97 Å². The second-order valence-corrected chi connectivity index (χ2v) is 8.49. The summed E-state index contributed by atoms with van der Waals surface area (Å²) in [6.45, 7) is 4.26. The van der Waals surface area contributed by atoms with Gasteiger partial charge in [0.25, 0.3) is 0 Å². The van der Waals surface area contributed by atoms with Crippen molar-refractivity contribution < 1.29 is 0 Å². The highest BCUT2D eigenvalue weighted by Crippen LogP contribution is 2.39. The van der Waals surface area contributed by atoms with Gasteiger partial charge in [0.1, 0.15) is 17.0 Å². The second kappa shape index (κ2) is 7.02. The molecule has 1 aliphatic carbocycles. The Morgan fingerprint density at radius 2 is 1.71 bits per heavy atom. The fourth-order valence-corrected chi connectivity index (χ4v) is 5.13. The Balaban J connectivity index is 1.64. The van der Waals surface area contributed by atoms with Crippen LogP contribution in [0, 0.1) is 13.8 Å². The molecule has 0 spiro atoms. The number of benzene rings is 2. The Kier molecular flexibility index (Phi) is 4.36. The van der Waals surface area contributed by atoms with E-state index in [2.05, 4.69) is 70.9 Å². The minimum absolute atomic E-state index is 0.886. The first-order chi connectivity index (χ1) is 13.7. The molecule has 0 radical (unpaired) electrons. The third-order valence-corrected chi connectivity index (χ3v) is 6.64. The minimum atomic E-state index is 0.886. The van der Waals surface area contributed by atoms with Gasteiger partial charge in [-0.05, 0) is 67.3 Å². The number of aromatic nitrogens is 2. The smallest absolute Gasteiger partial charge is 0.143 e. The summed E-state index contributed by atoms with van der Waals surface area (Å²) < 4.78 is 0. The topological polar surface area (TPSA) is 37.8 Å². The molecule has 28 heavy (non-hydrogen) atoms. The van der Waals surface area contributed by atoms with Crippen LogP contribution in [0.2, 0.25) is 0 Å². The number of aryl methyl sites for hydroxylation is 4. The summed E-state index contributed by atoms with van der Waals surface area (Å²) in [4.78, 5) is 10.2. The molecule has 140 valence electrons. The molecular formula is C24H23N3S. The van der Waals surface area contributed by atoms with Gasteiger partial charge in [-0.3, -0.25) is 0 Å². The van der Waals surface area contributed by atoms with Crippen molar-refractivity contribution in [3.05, 3.63) is 70.4 Å². The highest BCUT2D eigenvalue weighted by molar-refractivity contribution is 7.17. The summed E-state index contributed by atoms with van der Waals surface area (Å²) in [5.41, 5.74) is 9.08. The molecule has 2 heterocycles. The largest absolute Gasteiger partial charge is 0.339 e. The number of thiophene rings is 1. The van der Waals surface area contributed by atoms with Crippen LogP contribution in [0.5, 0.6) is 0 Å². The normalized spacial score (nSPS) is 13.5. The number of hydrogen-bond acceptors (Lipinski definition) is 4. The molecule has 3 nitrogen and oxygen atoms in total. The van der Waals surface area contributed by atoms with Crippen molar-refractivity contribution in [2.24, 2.45) is 0 Å². The van der Waals surface area contributed by atoms with Crippen molar-refractivity contribution in [1.82, 2.24) is 9.97 Å². The average Bonchev–Trinajstić information content (AvgIpc) is 3.15. The number of fused-ring (bicyclic) bond motifs is 2. The zero-order valence-corrected chi connectivity index (χ0v) is 17.1. The third kappa shape index (κ3) is 2.98. The third-order valence-electron chi connectivity index (χ3n) is 5.75. The van der Waals surface area contributed by atoms with Crippen molar-refractivity contribution in [2.75, 3.05) is 5.32 Å². The summed E-state index contributed by atoms with van der Waals surface area (Å²) in [7, 11) is 0. The predicted molar refractivity (Wildman–Crippen MR) is 119 cm³/mol. The Hall–Kier alpha value is -2.72. The molecule has 4 aromatic rings. The number of nitrogens with zero attached hydrogens (tertiary/aromatic N) is 2. The highest BCUT2D eigenvalue weighted by atomic mass is 32.1. The van der Waals surface area contributed by atoms with Gasteiger partial charge in [0.15, 0.2) is 0 Å². The number of para-hydroxylation sites is 1. The Morgan fingerprint density at radius 3 is 2.54 bits per heavy atom. The maximum Gasteiger partial charge on any atom is 0.143 e. The van der Waals surface area contributed by atoms with Crippen molar-refractivity contribution in [1.29, 1.82) is 0 Å². The lowest BCUT2D eigenvalue weighted by Gasteiger charge is -2.17. The number of nitrogens with one attached hydrogen (secondary N) is 1. The molecule has 0 aliphatic heterocycles. The van der Waals surface area contributed by atoms with Gasteiger partial charge < -0.3 is 5.32 Å². The standard InChI is InChI=1S/C24H23N3S/c1-15-6-5-7-16(2)22(15)27-23-21-20(13-28-24(21)26-14-25-23)19-11-10-17-8-3-4-9-18(17)12-19/h5-7,10-14H,3-4,8-9H2,1-2H3,(H,25,26,27). The highest BCUT2D eigenvalue weighted by Gasteiger charge is 2.16. The average molecular weight is 386 g/mol. The van der Waals surface area contributed by atoms with Gasteiger partial charge in [-0.1, -0.05) is 36.4 Å². The zero-order valence-electron chi connectivity index (χ0n) is 16.2. The molecule has 2 aromatic heterocycles. The molecule has 0 atom stereocenters. The molecule has 0 saturated heterocycles. The van der Waals surface area contributed by atoms with E-state index in [0.29, 0.717) is 0 Å². The summed E-state index contributed by atoms with van der Waals surface area (Å²) >= 11 is 1.69. The van der Waals surface area contributed by atoms with Crippen LogP contribution >= 0.6 is 11.3 Å². The minimum Gasteiger partial charge on any atom is -0.339 e. The van der Waals surface area contributed by atoms with Crippen LogP contribution in [0.25, 0.3) is 21.3 Å². The van der Waals surface area contributed by atoms with Gasteiger partial charge in [-0.2, -0.15) is 0 Å². The Labute approximate surface area is 169 Å². The fraction of sp³-hybridized carbons (Fsp3) is 0.250. The maximum atomic E-state index is 4.61. The number of rotatable bonds is 3. The Bertz CT molecular complexity index is 1160. The first-order valence-corrected chi connectivity index (χ1v) is 10.8. The molecular weight excluding hydrogens is 362 g/mol. The molecule has 0 saturated carbocycles. The predicted octanol–water partition coefficient (Wildman–Crippen LogP) is 6.60. The van der Waals surface area contributed by atoms with Crippen LogP contribution in [0.3, 0.4) is 0 Å². The summed E-state index contributed by atoms with van der Waals surface area (Å²) in [5.74, 6) is 0.886. The van der Waals surface area contributed by atoms with Crippen molar-refractivity contribution in [3.8, 4) is 11.1 Å². The number of hydrogen-bond donors (Lipinski definition) is 1. The molecule has 5 rings (SSSR count). The molecule has 0 unspecified atom stereocenters. The first kappa shape index (κ1) is 17.4. The fourth-order valence-electron chi connectivity index (χ4n) is 4.21. The van der Waals surface area contributed by atoms with Crippen LogP contribution in [-0.2, 0) is 12.8 Å². The summed E-state index contributed by atoms with van der Waals surface area (Å²) in [5, 5.41) is 6.94. The van der Waals surface area contributed by atoms with E-state index in [1.165, 1.54) is 59.1 Å². The van der Waals surface area contributed by atoms with Gasteiger partial charge in [-0.25, -0.2) is 9.97 Å². The van der Waals surface area contributed by atoms with E-state index in [-0.39, 0.29) is 0 Å². The molecule has 0 bridgehead atoms. The monoisotopic (exact) mass is 385 g/mol. The van der Waals surface area contributed by atoms with Gasteiger partial charge in [0, 0.05) is 16.6 Å². The van der Waals surface area contributed by atoms with E-state index in [0.717, 1.165) is 21.7 Å². The van der Waals surface area contributed by atoms with E-state index in [1.54, 1.807) is 17.7 Å². The molecule has 1 aliphatic rings. The second-order valence-electron chi connectivity index (χ2n) is 7.63. The van der Waals surface area contributed by atoms with E-state index in [9.17, 15) is 0 Å². The van der Waals surface area contributed by atoms with Gasteiger partial charge in [0.2, 0.25) is 0 Å². The lowest BCUT2D eigenvalue weighted by Crippen LogP contribution is -2.02. The van der Waals surface area contributed by atoms with Gasteiger partial charge >= 0.3 is 0 Å². The van der Waals surface area contributed by atoms with Crippen LogP contribution in [0.1, 0.15) is 35.1 Å². The zero-order chi connectivity index (χ0) is 19.1. The molecule has 4 heteroatoms. The van der Waals surface area contributed by atoms with Crippen molar-refractivity contribution in [3.63, 3.8) is 0 Å². The first-order valence-electron chi connectivity index (χ1n) is 9.88. The molecule has 1 N–H and O–H groups in total. The van der Waals surface area contributed by atoms with Crippen LogP contribution in [0.15, 0.2) is 48.1 Å². The summed E-state index contributed by atoms with van der Waals surface area (Å²) in [6, 6.07) is 13.3. The lowest BCUT2D eigenvalue weighted by molar-refractivity contribution is 0.686. The Morgan fingerprint density at radius 1 is 0.929 bits per heavy atom. The SMILES string of the molecule is Cc1cccc(C)c1Nc1ncnc2scc(-c3ccc4c(c3)CCCC4)c12. The number of anilines is 2. The van der Waals surface area contributed by atoms with Crippen molar-refractivity contribution >= 4 is 33.1 Å². The lowest BCUT2D eigenvalue weighted by atomic mass is 9.89.